The summed E-state index contributed by atoms with van der Waals surface area (Å²) in [6, 6.07) is 9.78. The Bertz CT molecular complexity index is 1140. The predicted octanol–water partition coefficient (Wildman–Crippen LogP) is 4.17. The van der Waals surface area contributed by atoms with Crippen LogP contribution in [-0.4, -0.2) is 74.6 Å². The lowest BCUT2D eigenvalue weighted by atomic mass is 9.93. The molecule has 0 bridgehead atoms. The van der Waals surface area contributed by atoms with Gasteiger partial charge < -0.3 is 29.1 Å². The number of aliphatic hydroxyl groups is 1. The van der Waals surface area contributed by atoms with Crippen molar-refractivity contribution in [2.24, 2.45) is 0 Å². The molecule has 2 aromatic rings. The number of hydrogen-bond acceptors (Lipinski definition) is 7. The maximum absolute atomic E-state index is 13.3. The standard InChI is InChI=1S/C28H36N2O6/c1-7-8-15-36-22-12-9-19(17-23(22)35-6)25-24(27(32)28(33)30(25)14-13-29(3)4)26(31)21-11-10-20(34-5)16-18(21)2/h9-12,16-17,25,31H,7-8,13-15H2,1-6H3/b26-24+. The highest BCUT2D eigenvalue weighted by atomic mass is 16.5. The third-order valence-corrected chi connectivity index (χ3v) is 6.28. The summed E-state index contributed by atoms with van der Waals surface area (Å²) in [4.78, 5) is 29.9. The molecule has 0 radical (unpaired) electrons. The molecule has 0 aliphatic carbocycles. The number of Topliss-reactive ketones (excluding diaryl/α,β-unsaturated/α-hetero) is 1. The third kappa shape index (κ3) is 5.65. The number of rotatable bonds is 11. The number of likely N-dealkylation sites (N-methyl/N-ethyl adjacent to an activating group) is 1. The first-order chi connectivity index (χ1) is 17.2. The molecule has 36 heavy (non-hydrogen) atoms. The summed E-state index contributed by atoms with van der Waals surface area (Å²) in [6.45, 7) is 5.34. The average molecular weight is 497 g/mol. The van der Waals surface area contributed by atoms with Gasteiger partial charge in [0.1, 0.15) is 11.5 Å². The van der Waals surface area contributed by atoms with Crippen LogP contribution in [-0.2, 0) is 9.59 Å². The summed E-state index contributed by atoms with van der Waals surface area (Å²) >= 11 is 0. The highest BCUT2D eigenvalue weighted by molar-refractivity contribution is 6.46. The van der Waals surface area contributed by atoms with Crippen molar-refractivity contribution in [1.29, 1.82) is 0 Å². The van der Waals surface area contributed by atoms with Gasteiger partial charge in [-0.1, -0.05) is 19.4 Å². The fourth-order valence-electron chi connectivity index (χ4n) is 4.24. The Morgan fingerprint density at radius 3 is 2.42 bits per heavy atom. The summed E-state index contributed by atoms with van der Waals surface area (Å²) in [7, 11) is 6.92. The molecule has 0 saturated carbocycles. The molecule has 1 heterocycles. The second-order valence-electron chi connectivity index (χ2n) is 9.09. The van der Waals surface area contributed by atoms with Crippen molar-refractivity contribution in [3.63, 3.8) is 0 Å². The van der Waals surface area contributed by atoms with E-state index >= 15 is 0 Å². The van der Waals surface area contributed by atoms with Crippen molar-refractivity contribution in [2.75, 3.05) is 48.0 Å². The zero-order valence-electron chi connectivity index (χ0n) is 22.0. The molecule has 8 heteroatoms. The Hall–Kier alpha value is -3.52. The van der Waals surface area contributed by atoms with Crippen molar-refractivity contribution in [3.8, 4) is 17.2 Å². The van der Waals surface area contributed by atoms with Gasteiger partial charge in [0.15, 0.2) is 11.5 Å². The van der Waals surface area contributed by atoms with Gasteiger partial charge in [-0.15, -0.1) is 0 Å². The van der Waals surface area contributed by atoms with Crippen molar-refractivity contribution in [3.05, 3.63) is 58.7 Å². The van der Waals surface area contributed by atoms with E-state index in [-0.39, 0.29) is 11.3 Å². The number of hydrogen-bond donors (Lipinski definition) is 1. The number of methoxy groups -OCH3 is 2. The van der Waals surface area contributed by atoms with E-state index < -0.39 is 17.7 Å². The molecule has 1 fully saturated rings. The minimum atomic E-state index is -0.773. The van der Waals surface area contributed by atoms with E-state index in [0.717, 1.165) is 18.4 Å². The summed E-state index contributed by atoms with van der Waals surface area (Å²) in [6.07, 6.45) is 1.92. The number of likely N-dealkylation sites (tertiary alicyclic amines) is 1. The Kier molecular flexibility index (Phi) is 8.98. The largest absolute Gasteiger partial charge is 0.507 e. The molecule has 1 saturated heterocycles. The zero-order chi connectivity index (χ0) is 26.4. The van der Waals surface area contributed by atoms with Gasteiger partial charge in [-0.25, -0.2) is 0 Å². The topological polar surface area (TPSA) is 88.5 Å². The fraction of sp³-hybridized carbons (Fsp3) is 0.429. The van der Waals surface area contributed by atoms with Gasteiger partial charge in [-0.05, 0) is 68.9 Å². The number of ether oxygens (including phenoxy) is 3. The summed E-state index contributed by atoms with van der Waals surface area (Å²) in [5.74, 6) is 0.155. The number of unbranched alkanes of at least 4 members (excludes halogenated alkanes) is 1. The van der Waals surface area contributed by atoms with Gasteiger partial charge in [0.2, 0.25) is 0 Å². The second kappa shape index (κ2) is 11.9. The highest BCUT2D eigenvalue weighted by Gasteiger charge is 2.46. The molecular weight excluding hydrogens is 460 g/mol. The van der Waals surface area contributed by atoms with Gasteiger partial charge in [0, 0.05) is 18.7 Å². The monoisotopic (exact) mass is 496 g/mol. The summed E-state index contributed by atoms with van der Waals surface area (Å²) in [5, 5.41) is 11.4. The molecule has 0 spiro atoms. The molecule has 3 rings (SSSR count). The van der Waals surface area contributed by atoms with E-state index in [9.17, 15) is 14.7 Å². The molecule has 8 nitrogen and oxygen atoms in total. The van der Waals surface area contributed by atoms with Crippen molar-refractivity contribution < 1.29 is 28.9 Å². The number of carbonyl (C=O) groups excluding carboxylic acids is 2. The average Bonchev–Trinajstić information content (AvgIpc) is 3.12. The number of amides is 1. The van der Waals surface area contributed by atoms with Crippen LogP contribution in [0.25, 0.3) is 5.76 Å². The van der Waals surface area contributed by atoms with E-state index in [0.29, 0.717) is 48.1 Å². The molecular formula is C28H36N2O6. The van der Waals surface area contributed by atoms with Gasteiger partial charge in [-0.2, -0.15) is 0 Å². The number of carbonyl (C=O) groups is 2. The van der Waals surface area contributed by atoms with Crippen molar-refractivity contribution in [1.82, 2.24) is 9.80 Å². The van der Waals surface area contributed by atoms with Crippen LogP contribution >= 0.6 is 0 Å². The van der Waals surface area contributed by atoms with E-state index in [2.05, 4.69) is 6.92 Å². The van der Waals surface area contributed by atoms with Gasteiger partial charge in [-0.3, -0.25) is 9.59 Å². The van der Waals surface area contributed by atoms with E-state index in [4.69, 9.17) is 14.2 Å². The SMILES string of the molecule is CCCCOc1ccc(C2/C(=C(\O)c3ccc(OC)cc3C)C(=O)C(=O)N2CCN(C)C)cc1OC. The van der Waals surface area contributed by atoms with Crippen molar-refractivity contribution in [2.45, 2.75) is 32.7 Å². The first kappa shape index (κ1) is 27.1. The number of aryl methyl sites for hydroxylation is 1. The maximum Gasteiger partial charge on any atom is 0.295 e. The summed E-state index contributed by atoms with van der Waals surface area (Å²) in [5.41, 5.74) is 1.90. The van der Waals surface area contributed by atoms with Crippen LogP contribution in [0.2, 0.25) is 0 Å². The van der Waals surface area contributed by atoms with E-state index in [1.807, 2.05) is 32.0 Å². The van der Waals surface area contributed by atoms with Crippen LogP contribution in [0.5, 0.6) is 17.2 Å². The lowest BCUT2D eigenvalue weighted by molar-refractivity contribution is -0.140. The molecule has 2 aromatic carbocycles. The smallest absolute Gasteiger partial charge is 0.295 e. The zero-order valence-corrected chi connectivity index (χ0v) is 22.0. The molecule has 0 aromatic heterocycles. The van der Waals surface area contributed by atoms with Crippen LogP contribution in [0, 0.1) is 6.92 Å². The molecule has 1 aliphatic rings. The molecule has 1 N–H and O–H groups in total. The van der Waals surface area contributed by atoms with Crippen LogP contribution < -0.4 is 14.2 Å². The molecule has 1 amide bonds. The quantitative estimate of drug-likeness (QED) is 0.216. The minimum Gasteiger partial charge on any atom is -0.507 e. The van der Waals surface area contributed by atoms with Crippen LogP contribution in [0.15, 0.2) is 42.0 Å². The normalized spacial score (nSPS) is 17.1. The third-order valence-electron chi connectivity index (χ3n) is 6.28. The van der Waals surface area contributed by atoms with Crippen LogP contribution in [0.4, 0.5) is 0 Å². The fourth-order valence-corrected chi connectivity index (χ4v) is 4.24. The predicted molar refractivity (Wildman–Crippen MR) is 139 cm³/mol. The number of nitrogens with zero attached hydrogens (tertiary/aromatic N) is 2. The van der Waals surface area contributed by atoms with Gasteiger partial charge >= 0.3 is 0 Å². The first-order valence-corrected chi connectivity index (χ1v) is 12.1. The van der Waals surface area contributed by atoms with Crippen LogP contribution in [0.1, 0.15) is 42.5 Å². The Labute approximate surface area is 213 Å². The van der Waals surface area contributed by atoms with Gasteiger partial charge in [0.25, 0.3) is 11.7 Å². The van der Waals surface area contributed by atoms with Crippen molar-refractivity contribution >= 4 is 17.4 Å². The number of aliphatic hydroxyl groups excluding tert-OH is 1. The maximum atomic E-state index is 13.3. The minimum absolute atomic E-state index is 0.0497. The number of benzene rings is 2. The molecule has 1 unspecified atom stereocenters. The lowest BCUT2D eigenvalue weighted by Crippen LogP contribution is -2.35. The Balaban J connectivity index is 2.14. The Morgan fingerprint density at radius 2 is 1.81 bits per heavy atom. The number of ketones is 1. The Morgan fingerprint density at radius 1 is 1.06 bits per heavy atom. The highest BCUT2D eigenvalue weighted by Crippen LogP contribution is 2.42. The van der Waals surface area contributed by atoms with Crippen LogP contribution in [0.3, 0.4) is 0 Å². The first-order valence-electron chi connectivity index (χ1n) is 12.1. The molecule has 1 aliphatic heterocycles. The molecule has 1 atom stereocenters. The second-order valence-corrected chi connectivity index (χ2v) is 9.09. The van der Waals surface area contributed by atoms with E-state index in [1.165, 1.54) is 4.90 Å². The van der Waals surface area contributed by atoms with E-state index in [1.54, 1.807) is 44.6 Å². The molecule has 194 valence electrons. The lowest BCUT2D eigenvalue weighted by Gasteiger charge is -2.27. The summed E-state index contributed by atoms with van der Waals surface area (Å²) < 4.78 is 16.7. The van der Waals surface area contributed by atoms with Gasteiger partial charge in [0.05, 0.1) is 32.4 Å².